The zero-order chi connectivity index (χ0) is 20.2. The van der Waals surface area contributed by atoms with Gasteiger partial charge in [0.2, 0.25) is 12.3 Å². The molecule has 0 radical (unpaired) electrons. The van der Waals surface area contributed by atoms with Gasteiger partial charge in [-0.25, -0.2) is 10.5 Å². The molecule has 0 saturated carbocycles. The Morgan fingerprint density at radius 3 is 2.64 bits per heavy atom. The maximum Gasteiger partial charge on any atom is 0.239 e. The van der Waals surface area contributed by atoms with Crippen LogP contribution in [-0.2, 0) is 16.1 Å². The zero-order valence-corrected chi connectivity index (χ0v) is 16.8. The second-order valence-electron chi connectivity index (χ2n) is 7.59. The van der Waals surface area contributed by atoms with Gasteiger partial charge in [-0.3, -0.25) is 25.1 Å². The molecular weight excluding hydrogens is 356 g/mol. The Balaban J connectivity index is 1.72. The van der Waals surface area contributed by atoms with Crippen LogP contribution in [0, 0.1) is 5.92 Å². The zero-order valence-electron chi connectivity index (χ0n) is 16.8. The van der Waals surface area contributed by atoms with Gasteiger partial charge in [-0.15, -0.1) is 0 Å². The lowest BCUT2D eigenvalue weighted by Crippen LogP contribution is -2.51. The van der Waals surface area contributed by atoms with Gasteiger partial charge >= 0.3 is 0 Å². The lowest BCUT2D eigenvalue weighted by atomic mass is 10.0. The van der Waals surface area contributed by atoms with Gasteiger partial charge < -0.3 is 0 Å². The van der Waals surface area contributed by atoms with Crippen LogP contribution < -0.4 is 10.9 Å². The fourth-order valence-electron chi connectivity index (χ4n) is 3.57. The normalized spacial score (nSPS) is 16.5. The Bertz CT molecular complexity index is 576. The molecule has 2 amide bonds. The van der Waals surface area contributed by atoms with Crippen molar-refractivity contribution in [1.29, 1.82) is 0 Å². The Labute approximate surface area is 168 Å². The number of likely N-dealkylation sites (tertiary alicyclic amines) is 1. The van der Waals surface area contributed by atoms with E-state index < -0.39 is 5.92 Å². The lowest BCUT2D eigenvalue weighted by Gasteiger charge is -2.32. The van der Waals surface area contributed by atoms with Gasteiger partial charge in [-0.1, -0.05) is 56.5 Å². The fraction of sp³-hybridized carbons (Fsp3) is 0.619. The first-order chi connectivity index (χ1) is 13.6. The summed E-state index contributed by atoms with van der Waals surface area (Å²) < 4.78 is 0. The lowest BCUT2D eigenvalue weighted by molar-refractivity contribution is -0.154. The quantitative estimate of drug-likeness (QED) is 0.221. The third-order valence-corrected chi connectivity index (χ3v) is 5.29. The average Bonchev–Trinajstić information content (AvgIpc) is 2.73. The van der Waals surface area contributed by atoms with E-state index >= 15 is 0 Å². The molecule has 1 aliphatic rings. The van der Waals surface area contributed by atoms with Gasteiger partial charge in [-0.05, 0) is 24.8 Å². The SMILES string of the molecule is CCCCC[C@@H](CN(O)C=O)C(=O)NNC1CCN(Cc2ccccc2)CC1. The number of piperidine rings is 1. The number of nitrogens with zero attached hydrogens (tertiary/aromatic N) is 2. The van der Waals surface area contributed by atoms with Gasteiger partial charge in [0.25, 0.3) is 0 Å². The molecule has 7 nitrogen and oxygen atoms in total. The van der Waals surface area contributed by atoms with Gasteiger partial charge in [0, 0.05) is 25.7 Å². The molecule has 0 spiro atoms. The standard InChI is InChI=1S/C21H34N4O3/c1-2-3-5-10-19(16-25(28)17-26)21(27)23-22-20-11-13-24(14-12-20)15-18-8-6-4-7-9-18/h4,6-9,17,19-20,22,28H,2-3,5,10-16H2,1H3,(H,23,27)/t19-/m0/s1. The summed E-state index contributed by atoms with van der Waals surface area (Å²) in [4.78, 5) is 25.6. The molecule has 1 fully saturated rings. The van der Waals surface area contributed by atoms with Crippen LogP contribution in [0.3, 0.4) is 0 Å². The third-order valence-electron chi connectivity index (χ3n) is 5.29. The topological polar surface area (TPSA) is 84.9 Å². The van der Waals surface area contributed by atoms with Crippen LogP contribution in [-0.4, -0.2) is 53.2 Å². The van der Waals surface area contributed by atoms with Crippen LogP contribution in [0.4, 0.5) is 0 Å². The molecule has 0 unspecified atom stereocenters. The summed E-state index contributed by atoms with van der Waals surface area (Å²) >= 11 is 0. The smallest absolute Gasteiger partial charge is 0.239 e. The first-order valence-corrected chi connectivity index (χ1v) is 10.3. The molecule has 1 aromatic carbocycles. The molecule has 2 rings (SSSR count). The number of unbranched alkanes of at least 4 members (excludes halogenated alkanes) is 2. The van der Waals surface area contributed by atoms with E-state index in [1.165, 1.54) is 5.56 Å². The maximum absolute atomic E-state index is 12.5. The molecule has 0 aromatic heterocycles. The van der Waals surface area contributed by atoms with Gasteiger partial charge in [0.15, 0.2) is 0 Å². The molecule has 3 N–H and O–H groups in total. The van der Waals surface area contributed by atoms with Crippen molar-refractivity contribution in [2.24, 2.45) is 5.92 Å². The first-order valence-electron chi connectivity index (χ1n) is 10.3. The number of carbonyl (C=O) groups excluding carboxylic acids is 2. The van der Waals surface area contributed by atoms with E-state index in [4.69, 9.17) is 0 Å². The van der Waals surface area contributed by atoms with Crippen LogP contribution in [0.1, 0.15) is 51.0 Å². The van der Waals surface area contributed by atoms with E-state index in [0.717, 1.165) is 51.7 Å². The molecule has 0 aliphatic carbocycles. The van der Waals surface area contributed by atoms with Crippen LogP contribution in [0.5, 0.6) is 0 Å². The van der Waals surface area contributed by atoms with Gasteiger partial charge in [0.05, 0.1) is 12.5 Å². The van der Waals surface area contributed by atoms with E-state index in [9.17, 15) is 14.8 Å². The molecule has 0 bridgehead atoms. The molecule has 156 valence electrons. The summed E-state index contributed by atoms with van der Waals surface area (Å²) in [6, 6.07) is 10.7. The van der Waals surface area contributed by atoms with Crippen LogP contribution in [0.2, 0.25) is 0 Å². The Kier molecular flexibility index (Phi) is 9.96. The van der Waals surface area contributed by atoms with E-state index in [2.05, 4.69) is 46.9 Å². The summed E-state index contributed by atoms with van der Waals surface area (Å²) in [5.41, 5.74) is 7.29. The predicted molar refractivity (Wildman–Crippen MR) is 108 cm³/mol. The summed E-state index contributed by atoms with van der Waals surface area (Å²) in [6.07, 6.45) is 5.92. The second-order valence-corrected chi connectivity index (χ2v) is 7.59. The summed E-state index contributed by atoms with van der Waals surface area (Å²) in [5, 5.41) is 10.0. The molecule has 1 saturated heterocycles. The number of rotatable bonds is 12. The molecule has 1 aliphatic heterocycles. The van der Waals surface area contributed by atoms with Crippen molar-refractivity contribution >= 4 is 12.3 Å². The van der Waals surface area contributed by atoms with E-state index in [-0.39, 0.29) is 18.5 Å². The largest absolute Gasteiger partial charge is 0.299 e. The Morgan fingerprint density at radius 2 is 2.00 bits per heavy atom. The van der Waals surface area contributed by atoms with Crippen LogP contribution in [0.25, 0.3) is 0 Å². The highest BCUT2D eigenvalue weighted by atomic mass is 16.5. The monoisotopic (exact) mass is 390 g/mol. The number of hydrogen-bond acceptors (Lipinski definition) is 5. The number of hydrogen-bond donors (Lipinski definition) is 3. The minimum atomic E-state index is -0.410. The van der Waals surface area contributed by atoms with Crippen molar-refractivity contribution in [2.75, 3.05) is 19.6 Å². The van der Waals surface area contributed by atoms with Gasteiger partial charge in [0.1, 0.15) is 0 Å². The van der Waals surface area contributed by atoms with Gasteiger partial charge in [-0.2, -0.15) is 0 Å². The van der Waals surface area contributed by atoms with Crippen molar-refractivity contribution in [2.45, 2.75) is 58.0 Å². The van der Waals surface area contributed by atoms with Crippen molar-refractivity contribution in [3.63, 3.8) is 0 Å². The molecule has 1 aromatic rings. The Hall–Kier alpha value is -1.96. The Morgan fingerprint density at radius 1 is 1.29 bits per heavy atom. The molecule has 28 heavy (non-hydrogen) atoms. The van der Waals surface area contributed by atoms with Crippen molar-refractivity contribution in [3.05, 3.63) is 35.9 Å². The predicted octanol–water partition coefficient (Wildman–Crippen LogP) is 2.32. The number of hydroxylamine groups is 2. The average molecular weight is 391 g/mol. The van der Waals surface area contributed by atoms with Crippen molar-refractivity contribution in [3.8, 4) is 0 Å². The summed E-state index contributed by atoms with van der Waals surface area (Å²) in [7, 11) is 0. The van der Waals surface area contributed by atoms with Crippen LogP contribution >= 0.6 is 0 Å². The molecule has 1 atom stereocenters. The summed E-state index contributed by atoms with van der Waals surface area (Å²) in [6.45, 7) is 5.05. The van der Waals surface area contributed by atoms with E-state index in [0.29, 0.717) is 17.9 Å². The maximum atomic E-state index is 12.5. The van der Waals surface area contributed by atoms with Crippen molar-refractivity contribution in [1.82, 2.24) is 20.8 Å². The summed E-state index contributed by atoms with van der Waals surface area (Å²) in [5.74, 6) is -0.573. The first kappa shape index (κ1) is 22.3. The second kappa shape index (κ2) is 12.5. The highest BCUT2D eigenvalue weighted by Gasteiger charge is 2.23. The van der Waals surface area contributed by atoms with Crippen LogP contribution in [0.15, 0.2) is 30.3 Å². The van der Waals surface area contributed by atoms with Crippen molar-refractivity contribution < 1.29 is 14.8 Å². The number of hydrazine groups is 1. The number of amides is 2. The number of nitrogens with one attached hydrogen (secondary N) is 2. The molecular formula is C21H34N4O3. The van der Waals surface area contributed by atoms with E-state index in [1.807, 2.05) is 6.07 Å². The highest BCUT2D eigenvalue weighted by Crippen LogP contribution is 2.14. The highest BCUT2D eigenvalue weighted by molar-refractivity contribution is 5.78. The number of benzene rings is 1. The number of carbonyl (C=O) groups is 2. The third kappa shape index (κ3) is 7.96. The fourth-order valence-corrected chi connectivity index (χ4v) is 3.57. The minimum Gasteiger partial charge on any atom is -0.299 e. The molecule has 1 heterocycles. The van der Waals surface area contributed by atoms with E-state index in [1.54, 1.807) is 0 Å². The minimum absolute atomic E-state index is 0.0241. The molecule has 7 heteroatoms.